The minimum atomic E-state index is -0.434. The van der Waals surface area contributed by atoms with E-state index in [0.29, 0.717) is 21.6 Å². The van der Waals surface area contributed by atoms with E-state index < -0.39 is 5.91 Å². The van der Waals surface area contributed by atoms with Crippen LogP contribution < -0.4 is 10.6 Å². The van der Waals surface area contributed by atoms with Crippen molar-refractivity contribution >= 4 is 56.5 Å². The molecular formula is C13H11BrCl2N4O. The third kappa shape index (κ3) is 4.06. The van der Waals surface area contributed by atoms with Gasteiger partial charge in [-0.15, -0.1) is 0 Å². The van der Waals surface area contributed by atoms with Crippen LogP contribution in [0.4, 0.5) is 11.5 Å². The number of benzene rings is 1. The quantitative estimate of drug-likeness (QED) is 0.820. The molecule has 1 heterocycles. The van der Waals surface area contributed by atoms with Crippen LogP contribution in [0.5, 0.6) is 0 Å². The van der Waals surface area contributed by atoms with Gasteiger partial charge in [0.2, 0.25) is 0 Å². The zero-order valence-electron chi connectivity index (χ0n) is 11.0. The van der Waals surface area contributed by atoms with Crippen molar-refractivity contribution in [1.29, 1.82) is 0 Å². The van der Waals surface area contributed by atoms with E-state index in [9.17, 15) is 4.79 Å². The van der Waals surface area contributed by atoms with Crippen LogP contribution in [0.25, 0.3) is 0 Å². The number of hydrogen-bond acceptors (Lipinski definition) is 4. The van der Waals surface area contributed by atoms with Gasteiger partial charge in [0, 0.05) is 11.0 Å². The molecule has 0 atom stereocenters. The first kappa shape index (κ1) is 16.0. The van der Waals surface area contributed by atoms with Gasteiger partial charge in [0.05, 0.1) is 28.1 Å². The molecule has 0 spiro atoms. The number of halogens is 3. The van der Waals surface area contributed by atoms with Crippen LogP contribution in [-0.4, -0.2) is 22.4 Å². The molecule has 2 rings (SSSR count). The van der Waals surface area contributed by atoms with E-state index in [0.717, 1.165) is 11.0 Å². The Morgan fingerprint density at radius 3 is 2.43 bits per heavy atom. The van der Waals surface area contributed by atoms with Crippen LogP contribution in [0, 0.1) is 0 Å². The first-order valence-electron chi connectivity index (χ1n) is 6.03. The molecule has 8 heteroatoms. The maximum atomic E-state index is 12.1. The largest absolute Gasteiger partial charge is 0.369 e. The summed E-state index contributed by atoms with van der Waals surface area (Å²) < 4.78 is 0.727. The molecule has 1 aromatic heterocycles. The first-order chi connectivity index (χ1) is 10.0. The lowest BCUT2D eigenvalue weighted by Crippen LogP contribution is -2.15. The summed E-state index contributed by atoms with van der Waals surface area (Å²) in [4.78, 5) is 20.2. The highest BCUT2D eigenvalue weighted by atomic mass is 79.9. The van der Waals surface area contributed by atoms with Gasteiger partial charge in [0.15, 0.2) is 0 Å². The average Bonchev–Trinajstić information content (AvgIpc) is 2.43. The summed E-state index contributed by atoms with van der Waals surface area (Å²) >= 11 is 15.4. The zero-order valence-corrected chi connectivity index (χ0v) is 14.1. The molecule has 0 radical (unpaired) electrons. The Balaban J connectivity index is 2.18. The monoisotopic (exact) mass is 388 g/mol. The van der Waals surface area contributed by atoms with E-state index >= 15 is 0 Å². The van der Waals surface area contributed by atoms with Gasteiger partial charge in [0.25, 0.3) is 5.91 Å². The average molecular weight is 390 g/mol. The van der Waals surface area contributed by atoms with Crippen molar-refractivity contribution in [2.45, 2.75) is 6.92 Å². The second-order valence-corrected chi connectivity index (χ2v) is 5.75. The first-order valence-corrected chi connectivity index (χ1v) is 7.58. The summed E-state index contributed by atoms with van der Waals surface area (Å²) in [6.07, 6.45) is 2.87. The van der Waals surface area contributed by atoms with E-state index in [1.807, 2.05) is 6.92 Å². The molecule has 0 unspecified atom stereocenters. The highest BCUT2D eigenvalue weighted by Crippen LogP contribution is 2.33. The number of carbonyl (C=O) groups excluding carboxylic acids is 1. The minimum Gasteiger partial charge on any atom is -0.369 e. The van der Waals surface area contributed by atoms with E-state index in [1.54, 1.807) is 12.1 Å². The van der Waals surface area contributed by atoms with Crippen molar-refractivity contribution in [1.82, 2.24) is 9.97 Å². The van der Waals surface area contributed by atoms with Gasteiger partial charge in [-0.05, 0) is 19.1 Å². The van der Waals surface area contributed by atoms with Gasteiger partial charge in [-0.1, -0.05) is 39.1 Å². The molecular weight excluding hydrogens is 379 g/mol. The van der Waals surface area contributed by atoms with Crippen LogP contribution >= 0.6 is 39.1 Å². The smallest absolute Gasteiger partial charge is 0.275 e. The number of rotatable bonds is 4. The SMILES string of the molecule is CCNc1cnc(C(=O)Nc2c(Cl)cc(Br)cc2Cl)cn1. The molecule has 1 amide bonds. The summed E-state index contributed by atoms with van der Waals surface area (Å²) in [5.74, 6) is 0.172. The van der Waals surface area contributed by atoms with Crippen LogP contribution in [0.1, 0.15) is 17.4 Å². The minimum absolute atomic E-state index is 0.173. The predicted molar refractivity (Wildman–Crippen MR) is 88.3 cm³/mol. The molecule has 2 aromatic rings. The number of hydrogen-bond donors (Lipinski definition) is 2. The maximum Gasteiger partial charge on any atom is 0.275 e. The number of nitrogens with zero attached hydrogens (tertiary/aromatic N) is 2. The molecule has 0 aliphatic rings. The van der Waals surface area contributed by atoms with Gasteiger partial charge in [0.1, 0.15) is 11.5 Å². The predicted octanol–water partition coefficient (Wildman–Crippen LogP) is 4.23. The topological polar surface area (TPSA) is 66.9 Å². The third-order valence-corrected chi connectivity index (χ3v) is 3.54. The third-order valence-electron chi connectivity index (χ3n) is 2.49. The van der Waals surface area contributed by atoms with Crippen LogP contribution in [0.3, 0.4) is 0 Å². The van der Waals surface area contributed by atoms with Crippen molar-refractivity contribution in [2.75, 3.05) is 17.2 Å². The molecule has 1 aromatic carbocycles. The zero-order chi connectivity index (χ0) is 15.4. The lowest BCUT2D eigenvalue weighted by Gasteiger charge is -2.09. The summed E-state index contributed by atoms with van der Waals surface area (Å²) in [5, 5.41) is 6.29. The van der Waals surface area contributed by atoms with Gasteiger partial charge in [-0.2, -0.15) is 0 Å². The maximum absolute atomic E-state index is 12.1. The highest BCUT2D eigenvalue weighted by molar-refractivity contribution is 9.10. The Hall–Kier alpha value is -1.37. The Bertz CT molecular complexity index is 641. The molecule has 0 saturated heterocycles. The molecule has 0 aliphatic carbocycles. The van der Waals surface area contributed by atoms with E-state index in [4.69, 9.17) is 23.2 Å². The van der Waals surface area contributed by atoms with Gasteiger partial charge in [-0.3, -0.25) is 4.79 Å². The number of anilines is 2. The van der Waals surface area contributed by atoms with Crippen molar-refractivity contribution in [2.24, 2.45) is 0 Å². The molecule has 0 saturated carbocycles. The fourth-order valence-corrected chi connectivity index (χ4v) is 2.86. The lowest BCUT2D eigenvalue weighted by atomic mass is 10.3. The van der Waals surface area contributed by atoms with Crippen molar-refractivity contribution in [3.8, 4) is 0 Å². The summed E-state index contributed by atoms with van der Waals surface area (Å²) in [6.45, 7) is 2.67. The molecule has 110 valence electrons. The Kier molecular flexibility index (Phi) is 5.39. The normalized spacial score (nSPS) is 10.3. The van der Waals surface area contributed by atoms with E-state index in [-0.39, 0.29) is 5.69 Å². The lowest BCUT2D eigenvalue weighted by molar-refractivity contribution is 0.102. The second-order valence-electron chi connectivity index (χ2n) is 4.02. The van der Waals surface area contributed by atoms with Crippen molar-refractivity contribution in [3.05, 3.63) is 44.7 Å². The molecule has 5 nitrogen and oxygen atoms in total. The van der Waals surface area contributed by atoms with Crippen molar-refractivity contribution in [3.63, 3.8) is 0 Å². The number of carbonyl (C=O) groups is 1. The van der Waals surface area contributed by atoms with Crippen LogP contribution in [0.15, 0.2) is 29.0 Å². The van der Waals surface area contributed by atoms with Crippen LogP contribution in [-0.2, 0) is 0 Å². The second kappa shape index (κ2) is 7.06. The Morgan fingerprint density at radius 1 is 1.24 bits per heavy atom. The summed E-state index contributed by atoms with van der Waals surface area (Å²) in [6, 6.07) is 3.28. The molecule has 2 N–H and O–H groups in total. The molecule has 0 aliphatic heterocycles. The molecule has 21 heavy (non-hydrogen) atoms. The standard InChI is InChI=1S/C13H11BrCl2N4O/c1-2-17-11-6-18-10(5-19-11)13(21)20-12-8(15)3-7(14)4-9(12)16/h3-6H,2H2,1H3,(H,17,19)(H,20,21). The van der Waals surface area contributed by atoms with Crippen molar-refractivity contribution < 1.29 is 4.79 Å². The molecule has 0 fully saturated rings. The van der Waals surface area contributed by atoms with Gasteiger partial charge in [-0.25, -0.2) is 9.97 Å². The van der Waals surface area contributed by atoms with E-state index in [2.05, 4.69) is 36.5 Å². The Morgan fingerprint density at radius 2 is 1.90 bits per heavy atom. The van der Waals surface area contributed by atoms with Gasteiger partial charge >= 0.3 is 0 Å². The Labute approximate surface area is 140 Å². The fraction of sp³-hybridized carbons (Fsp3) is 0.154. The number of aromatic nitrogens is 2. The summed E-state index contributed by atoms with van der Waals surface area (Å²) in [5.41, 5.74) is 0.510. The fourth-order valence-electron chi connectivity index (χ4n) is 1.56. The van der Waals surface area contributed by atoms with E-state index in [1.165, 1.54) is 12.4 Å². The van der Waals surface area contributed by atoms with Gasteiger partial charge < -0.3 is 10.6 Å². The number of amides is 1. The number of nitrogens with one attached hydrogen (secondary N) is 2. The van der Waals surface area contributed by atoms with Crippen LogP contribution in [0.2, 0.25) is 10.0 Å². The highest BCUT2D eigenvalue weighted by Gasteiger charge is 2.14. The molecule has 0 bridgehead atoms. The summed E-state index contributed by atoms with van der Waals surface area (Å²) in [7, 11) is 0.